The Kier molecular flexibility index (Phi) is 5.19. The molecule has 0 heterocycles. The lowest BCUT2D eigenvalue weighted by Crippen LogP contribution is -2.29. The number of halogens is 2. The fraction of sp³-hybridized carbons (Fsp3) is 0.500. The summed E-state index contributed by atoms with van der Waals surface area (Å²) < 4.78 is 31.4. The highest BCUT2D eigenvalue weighted by Crippen LogP contribution is 2.20. The predicted octanol–water partition coefficient (Wildman–Crippen LogP) is 2.73. The Hall–Kier alpha value is -1.16. The van der Waals surface area contributed by atoms with Gasteiger partial charge in [0.25, 0.3) is 0 Å². The highest BCUT2D eigenvalue weighted by Gasteiger charge is 2.11. The van der Waals surface area contributed by atoms with Crippen molar-refractivity contribution < 1.29 is 13.5 Å². The van der Waals surface area contributed by atoms with Gasteiger partial charge in [-0.1, -0.05) is 13.0 Å². The first kappa shape index (κ1) is 12.9. The van der Waals surface area contributed by atoms with Crippen molar-refractivity contribution in [1.29, 1.82) is 0 Å². The van der Waals surface area contributed by atoms with E-state index in [1.165, 1.54) is 12.1 Å². The number of ether oxygens (including phenoxy) is 1. The molecule has 0 spiro atoms. The monoisotopic (exact) mass is 229 g/mol. The fourth-order valence-electron chi connectivity index (χ4n) is 1.32. The van der Waals surface area contributed by atoms with Gasteiger partial charge in [0.15, 0.2) is 11.6 Å². The second kappa shape index (κ2) is 6.43. The van der Waals surface area contributed by atoms with Crippen LogP contribution in [0.25, 0.3) is 0 Å². The van der Waals surface area contributed by atoms with E-state index in [1.54, 1.807) is 0 Å². The molecule has 0 amide bonds. The molecule has 90 valence electrons. The van der Waals surface area contributed by atoms with Crippen LogP contribution in [0.2, 0.25) is 0 Å². The van der Waals surface area contributed by atoms with Crippen LogP contribution in [0.5, 0.6) is 5.75 Å². The molecule has 0 fully saturated rings. The summed E-state index contributed by atoms with van der Waals surface area (Å²) in [6.45, 7) is 5.38. The van der Waals surface area contributed by atoms with Crippen LogP contribution in [-0.2, 0) is 0 Å². The maximum Gasteiger partial charge on any atom is 0.200 e. The average molecular weight is 229 g/mol. The van der Waals surface area contributed by atoms with Crippen molar-refractivity contribution in [2.24, 2.45) is 0 Å². The van der Waals surface area contributed by atoms with Crippen molar-refractivity contribution in [2.45, 2.75) is 26.4 Å². The molecule has 0 radical (unpaired) electrons. The zero-order chi connectivity index (χ0) is 12.0. The summed E-state index contributed by atoms with van der Waals surface area (Å²) in [7, 11) is 0. The first-order valence-corrected chi connectivity index (χ1v) is 5.46. The Bertz CT molecular complexity index is 331. The second-order valence-corrected chi connectivity index (χ2v) is 3.68. The summed E-state index contributed by atoms with van der Waals surface area (Å²) in [5.41, 5.74) is 0. The summed E-state index contributed by atoms with van der Waals surface area (Å²) in [6, 6.07) is 3.93. The van der Waals surface area contributed by atoms with E-state index in [-0.39, 0.29) is 11.9 Å². The van der Waals surface area contributed by atoms with Crippen LogP contribution in [0, 0.1) is 11.6 Å². The van der Waals surface area contributed by atoms with Crippen molar-refractivity contribution in [3.63, 3.8) is 0 Å². The number of hydrogen-bond acceptors (Lipinski definition) is 2. The maximum atomic E-state index is 13.2. The van der Waals surface area contributed by atoms with Gasteiger partial charge in [-0.15, -0.1) is 0 Å². The lowest BCUT2D eigenvalue weighted by atomic mass is 10.3. The molecular formula is C12H17F2NO. The number of nitrogens with one attached hydrogen (secondary N) is 1. The van der Waals surface area contributed by atoms with Gasteiger partial charge in [0, 0.05) is 6.54 Å². The van der Waals surface area contributed by atoms with Crippen molar-refractivity contribution in [2.75, 3.05) is 13.1 Å². The van der Waals surface area contributed by atoms with E-state index in [1.807, 2.05) is 6.92 Å². The lowest BCUT2D eigenvalue weighted by molar-refractivity contribution is 0.205. The molecule has 1 unspecified atom stereocenters. The number of hydrogen-bond donors (Lipinski definition) is 1. The Morgan fingerprint density at radius 1 is 1.38 bits per heavy atom. The molecule has 1 N–H and O–H groups in total. The Labute approximate surface area is 94.6 Å². The third-order valence-electron chi connectivity index (χ3n) is 2.10. The maximum absolute atomic E-state index is 13.2. The van der Waals surface area contributed by atoms with E-state index in [4.69, 9.17) is 4.74 Å². The highest BCUT2D eigenvalue weighted by atomic mass is 19.2. The van der Waals surface area contributed by atoms with Crippen molar-refractivity contribution in [3.05, 3.63) is 29.8 Å². The molecule has 0 aromatic heterocycles. The van der Waals surface area contributed by atoms with Gasteiger partial charge in [0.2, 0.25) is 5.82 Å². The van der Waals surface area contributed by atoms with Crippen LogP contribution >= 0.6 is 0 Å². The quantitative estimate of drug-likeness (QED) is 0.757. The summed E-state index contributed by atoms with van der Waals surface area (Å²) in [6.07, 6.45) is 0.837. The topological polar surface area (TPSA) is 21.3 Å². The first-order valence-electron chi connectivity index (χ1n) is 5.46. The van der Waals surface area contributed by atoms with Crippen LogP contribution in [0.4, 0.5) is 8.78 Å². The molecule has 1 aromatic carbocycles. The van der Waals surface area contributed by atoms with Crippen LogP contribution in [0.1, 0.15) is 20.3 Å². The minimum atomic E-state index is -0.926. The van der Waals surface area contributed by atoms with Crippen molar-refractivity contribution >= 4 is 0 Å². The normalized spacial score (nSPS) is 12.5. The third-order valence-corrected chi connectivity index (χ3v) is 2.10. The second-order valence-electron chi connectivity index (χ2n) is 3.68. The van der Waals surface area contributed by atoms with Gasteiger partial charge in [-0.3, -0.25) is 0 Å². The van der Waals surface area contributed by atoms with Gasteiger partial charge in [-0.05, 0) is 32.0 Å². The van der Waals surface area contributed by atoms with E-state index < -0.39 is 11.6 Å². The molecule has 0 bridgehead atoms. The molecule has 1 aromatic rings. The molecule has 0 saturated carbocycles. The molecule has 0 aliphatic carbocycles. The van der Waals surface area contributed by atoms with Crippen LogP contribution < -0.4 is 10.1 Å². The molecule has 2 nitrogen and oxygen atoms in total. The van der Waals surface area contributed by atoms with Gasteiger partial charge in [0.05, 0.1) is 0 Å². The average Bonchev–Trinajstić information content (AvgIpc) is 2.25. The zero-order valence-corrected chi connectivity index (χ0v) is 9.59. The molecule has 4 heteroatoms. The summed E-state index contributed by atoms with van der Waals surface area (Å²) in [5.74, 6) is -1.85. The molecule has 0 aliphatic rings. The molecule has 16 heavy (non-hydrogen) atoms. The van der Waals surface area contributed by atoms with Gasteiger partial charge >= 0.3 is 0 Å². The molecule has 0 saturated heterocycles. The standard InChI is InChI=1S/C12H17F2NO/c1-3-7-15-8-9(2)16-11-6-4-5-10(13)12(11)14/h4-6,9,15H,3,7-8H2,1-2H3. The molecule has 1 rings (SSSR count). The van der Waals surface area contributed by atoms with Crippen LogP contribution in [0.15, 0.2) is 18.2 Å². The Balaban J connectivity index is 2.49. The predicted molar refractivity (Wildman–Crippen MR) is 59.6 cm³/mol. The smallest absolute Gasteiger partial charge is 0.200 e. The van der Waals surface area contributed by atoms with Gasteiger partial charge in [-0.2, -0.15) is 4.39 Å². The summed E-state index contributed by atoms with van der Waals surface area (Å²) in [4.78, 5) is 0. The van der Waals surface area contributed by atoms with Gasteiger partial charge < -0.3 is 10.1 Å². The lowest BCUT2D eigenvalue weighted by Gasteiger charge is -2.15. The largest absolute Gasteiger partial charge is 0.486 e. The minimum Gasteiger partial charge on any atom is -0.486 e. The Morgan fingerprint density at radius 3 is 2.81 bits per heavy atom. The van der Waals surface area contributed by atoms with E-state index >= 15 is 0 Å². The third kappa shape index (κ3) is 3.77. The summed E-state index contributed by atoms with van der Waals surface area (Å²) in [5, 5.41) is 3.15. The number of benzene rings is 1. The van der Waals surface area contributed by atoms with Crippen LogP contribution in [0.3, 0.4) is 0 Å². The van der Waals surface area contributed by atoms with E-state index in [0.717, 1.165) is 19.0 Å². The molecule has 1 atom stereocenters. The Morgan fingerprint density at radius 2 is 2.12 bits per heavy atom. The van der Waals surface area contributed by atoms with Crippen molar-refractivity contribution in [1.82, 2.24) is 5.32 Å². The zero-order valence-electron chi connectivity index (χ0n) is 9.59. The van der Waals surface area contributed by atoms with E-state index in [2.05, 4.69) is 12.2 Å². The SMILES string of the molecule is CCCNCC(C)Oc1cccc(F)c1F. The van der Waals surface area contributed by atoms with Gasteiger partial charge in [0.1, 0.15) is 6.10 Å². The molecule has 0 aliphatic heterocycles. The fourth-order valence-corrected chi connectivity index (χ4v) is 1.32. The van der Waals surface area contributed by atoms with Crippen LogP contribution in [-0.4, -0.2) is 19.2 Å². The van der Waals surface area contributed by atoms with E-state index in [0.29, 0.717) is 6.54 Å². The minimum absolute atomic E-state index is 0.0363. The molecular weight excluding hydrogens is 212 g/mol. The van der Waals surface area contributed by atoms with Gasteiger partial charge in [-0.25, -0.2) is 4.39 Å². The van der Waals surface area contributed by atoms with E-state index in [9.17, 15) is 8.78 Å². The highest BCUT2D eigenvalue weighted by molar-refractivity contribution is 5.25. The number of rotatable bonds is 6. The van der Waals surface area contributed by atoms with Crippen molar-refractivity contribution in [3.8, 4) is 5.75 Å². The first-order chi connectivity index (χ1) is 7.65. The summed E-state index contributed by atoms with van der Waals surface area (Å²) >= 11 is 0.